The molecule has 1 unspecified atom stereocenters. The van der Waals surface area contributed by atoms with Gasteiger partial charge in [0.25, 0.3) is 11.8 Å². The van der Waals surface area contributed by atoms with Gasteiger partial charge in [-0.15, -0.1) is 0 Å². The molecule has 190 valence electrons. The first-order valence-corrected chi connectivity index (χ1v) is 12.3. The second kappa shape index (κ2) is 9.54. The van der Waals surface area contributed by atoms with Crippen LogP contribution in [-0.4, -0.2) is 22.7 Å². The van der Waals surface area contributed by atoms with E-state index >= 15 is 0 Å². The summed E-state index contributed by atoms with van der Waals surface area (Å²) >= 11 is 0. The quantitative estimate of drug-likeness (QED) is 0.220. The molecule has 1 atom stereocenters. The summed E-state index contributed by atoms with van der Waals surface area (Å²) < 4.78 is 11.9. The Hall–Kier alpha value is -5.30. The van der Waals surface area contributed by atoms with Gasteiger partial charge in [0.1, 0.15) is 5.58 Å². The molecule has 0 N–H and O–H groups in total. The van der Waals surface area contributed by atoms with Gasteiger partial charge >= 0.3 is 5.97 Å². The van der Waals surface area contributed by atoms with Crippen molar-refractivity contribution in [3.8, 4) is 17.1 Å². The highest BCUT2D eigenvalue weighted by molar-refractivity contribution is 6.22. The Kier molecular flexibility index (Phi) is 5.88. The van der Waals surface area contributed by atoms with Crippen molar-refractivity contribution < 1.29 is 23.5 Å². The zero-order valence-electron chi connectivity index (χ0n) is 20.8. The molecule has 7 nitrogen and oxygen atoms in total. The van der Waals surface area contributed by atoms with Gasteiger partial charge in [-0.3, -0.25) is 19.3 Å². The Morgan fingerprint density at radius 2 is 1.33 bits per heavy atom. The average molecular weight is 516 g/mol. The van der Waals surface area contributed by atoms with Crippen molar-refractivity contribution in [2.45, 2.75) is 13.0 Å². The molecule has 6 rings (SSSR count). The number of benzene rings is 4. The van der Waals surface area contributed by atoms with Gasteiger partial charge in [-0.25, -0.2) is 4.79 Å². The van der Waals surface area contributed by atoms with E-state index in [1.54, 1.807) is 78.9 Å². The Labute approximate surface area is 222 Å². The SMILES string of the molecule is Cc1ccc(-c2oc3ccccc3c(=O)c2OC(=O)C(c2ccccc2)N2C(=O)c3ccccc3C2=O)cc1. The molecule has 1 aromatic heterocycles. The van der Waals surface area contributed by atoms with E-state index in [0.717, 1.165) is 10.5 Å². The van der Waals surface area contributed by atoms with Gasteiger partial charge in [0.2, 0.25) is 11.2 Å². The highest BCUT2D eigenvalue weighted by atomic mass is 16.5. The lowest BCUT2D eigenvalue weighted by molar-refractivity contribution is -0.139. The minimum Gasteiger partial charge on any atom is -0.452 e. The summed E-state index contributed by atoms with van der Waals surface area (Å²) in [6, 6.07) is 27.2. The summed E-state index contributed by atoms with van der Waals surface area (Å²) in [5, 5.41) is 0.230. The number of rotatable bonds is 5. The maximum atomic E-state index is 13.9. The first kappa shape index (κ1) is 24.1. The number of hydrogen-bond acceptors (Lipinski definition) is 6. The van der Waals surface area contributed by atoms with Gasteiger partial charge in [-0.05, 0) is 36.8 Å². The molecule has 0 fully saturated rings. The normalized spacial score (nSPS) is 13.4. The molecule has 0 aliphatic carbocycles. The Balaban J connectivity index is 1.49. The third-order valence-corrected chi connectivity index (χ3v) is 6.69. The number of esters is 1. The second-order valence-corrected chi connectivity index (χ2v) is 9.21. The second-order valence-electron chi connectivity index (χ2n) is 9.21. The number of para-hydroxylation sites is 1. The largest absolute Gasteiger partial charge is 0.452 e. The summed E-state index contributed by atoms with van der Waals surface area (Å²) in [7, 11) is 0. The molecule has 0 bridgehead atoms. The van der Waals surface area contributed by atoms with Gasteiger partial charge in [0.05, 0.1) is 16.5 Å². The molecule has 7 heteroatoms. The van der Waals surface area contributed by atoms with Crippen molar-refractivity contribution in [1.82, 2.24) is 4.90 Å². The number of aryl methyl sites for hydroxylation is 1. The van der Waals surface area contributed by atoms with Crippen LogP contribution in [0.3, 0.4) is 0 Å². The molecule has 0 saturated heterocycles. The number of fused-ring (bicyclic) bond motifs is 2. The standard InChI is InChI=1S/C32H21NO6/c1-19-15-17-21(18-16-19)28-29(27(34)24-13-7-8-14-25(24)38-28)39-32(37)26(20-9-3-2-4-10-20)33-30(35)22-11-5-6-12-23(22)31(33)36/h2-18,26H,1H3. The van der Waals surface area contributed by atoms with Crippen molar-refractivity contribution in [1.29, 1.82) is 0 Å². The highest BCUT2D eigenvalue weighted by Crippen LogP contribution is 2.35. The monoisotopic (exact) mass is 515 g/mol. The average Bonchev–Trinajstić information content (AvgIpc) is 3.21. The van der Waals surface area contributed by atoms with Crippen LogP contribution in [0.15, 0.2) is 112 Å². The van der Waals surface area contributed by atoms with Crippen LogP contribution in [0.5, 0.6) is 5.75 Å². The van der Waals surface area contributed by atoms with Crippen LogP contribution in [0, 0.1) is 6.92 Å². The number of carbonyl (C=O) groups is 3. The van der Waals surface area contributed by atoms with Crippen LogP contribution < -0.4 is 10.2 Å². The van der Waals surface area contributed by atoms with E-state index in [1.807, 2.05) is 19.1 Å². The number of carbonyl (C=O) groups excluding carboxylic acids is 3. The smallest absolute Gasteiger partial charge is 0.339 e. The van der Waals surface area contributed by atoms with Crippen molar-refractivity contribution in [2.75, 3.05) is 0 Å². The number of hydrogen-bond donors (Lipinski definition) is 0. The Bertz CT molecular complexity index is 1790. The molecule has 0 saturated carbocycles. The number of imide groups is 1. The van der Waals surface area contributed by atoms with Gasteiger partial charge < -0.3 is 9.15 Å². The van der Waals surface area contributed by atoms with Crippen molar-refractivity contribution in [3.05, 3.63) is 136 Å². The molecule has 2 amide bonds. The predicted molar refractivity (Wildman–Crippen MR) is 144 cm³/mol. The maximum Gasteiger partial charge on any atom is 0.339 e. The van der Waals surface area contributed by atoms with Crippen LogP contribution in [-0.2, 0) is 4.79 Å². The number of nitrogens with zero attached hydrogens (tertiary/aromatic N) is 1. The van der Waals surface area contributed by atoms with E-state index in [9.17, 15) is 19.2 Å². The molecule has 1 aliphatic rings. The topological polar surface area (TPSA) is 93.9 Å². The third kappa shape index (κ3) is 4.10. The fourth-order valence-electron chi connectivity index (χ4n) is 4.74. The van der Waals surface area contributed by atoms with Crippen LogP contribution in [0.4, 0.5) is 0 Å². The lowest BCUT2D eigenvalue weighted by atomic mass is 10.0. The van der Waals surface area contributed by atoms with Gasteiger partial charge in [0.15, 0.2) is 11.8 Å². The summed E-state index contributed by atoms with van der Waals surface area (Å²) in [5.41, 5.74) is 2.06. The molecular formula is C32H21NO6. The third-order valence-electron chi connectivity index (χ3n) is 6.69. The Morgan fingerprint density at radius 1 is 0.744 bits per heavy atom. The molecule has 39 heavy (non-hydrogen) atoms. The summed E-state index contributed by atoms with van der Waals surface area (Å²) in [4.78, 5) is 55.1. The minimum absolute atomic E-state index is 0.0706. The van der Waals surface area contributed by atoms with Crippen molar-refractivity contribution in [2.24, 2.45) is 0 Å². The molecular weight excluding hydrogens is 494 g/mol. The predicted octanol–water partition coefficient (Wildman–Crippen LogP) is 5.71. The zero-order valence-corrected chi connectivity index (χ0v) is 20.8. The summed E-state index contributed by atoms with van der Waals surface area (Å²) in [6.07, 6.45) is 0. The Morgan fingerprint density at radius 3 is 2.00 bits per heavy atom. The molecule has 1 aliphatic heterocycles. The highest BCUT2D eigenvalue weighted by Gasteiger charge is 2.44. The number of amides is 2. The minimum atomic E-state index is -1.43. The van der Waals surface area contributed by atoms with E-state index in [2.05, 4.69) is 0 Å². The van der Waals surface area contributed by atoms with E-state index in [4.69, 9.17) is 9.15 Å². The van der Waals surface area contributed by atoms with Gasteiger partial charge in [-0.1, -0.05) is 84.4 Å². The van der Waals surface area contributed by atoms with Crippen molar-refractivity contribution >= 4 is 28.8 Å². The van der Waals surface area contributed by atoms with E-state index in [1.165, 1.54) is 12.1 Å². The van der Waals surface area contributed by atoms with E-state index < -0.39 is 29.3 Å². The lowest BCUT2D eigenvalue weighted by Gasteiger charge is -2.25. The molecule has 0 spiro atoms. The van der Waals surface area contributed by atoms with Gasteiger partial charge in [0, 0.05) is 5.56 Å². The number of ether oxygens (including phenoxy) is 1. The molecule has 2 heterocycles. The zero-order chi connectivity index (χ0) is 27.1. The van der Waals surface area contributed by atoms with Crippen LogP contribution >= 0.6 is 0 Å². The van der Waals surface area contributed by atoms with Gasteiger partial charge in [-0.2, -0.15) is 0 Å². The molecule has 4 aromatic carbocycles. The maximum absolute atomic E-state index is 13.9. The molecule has 0 radical (unpaired) electrons. The summed E-state index contributed by atoms with van der Waals surface area (Å²) in [5.74, 6) is -2.45. The fraction of sp³-hybridized carbons (Fsp3) is 0.0625. The lowest BCUT2D eigenvalue weighted by Crippen LogP contribution is -2.40. The van der Waals surface area contributed by atoms with Crippen LogP contribution in [0.25, 0.3) is 22.3 Å². The van der Waals surface area contributed by atoms with E-state index in [-0.39, 0.29) is 28.0 Å². The first-order valence-electron chi connectivity index (χ1n) is 12.3. The fourth-order valence-corrected chi connectivity index (χ4v) is 4.74. The van der Waals surface area contributed by atoms with E-state index in [0.29, 0.717) is 16.7 Å². The molecule has 5 aromatic rings. The van der Waals surface area contributed by atoms with Crippen LogP contribution in [0.1, 0.15) is 37.9 Å². The van der Waals surface area contributed by atoms with Crippen molar-refractivity contribution in [3.63, 3.8) is 0 Å². The van der Waals surface area contributed by atoms with Crippen LogP contribution in [0.2, 0.25) is 0 Å². The summed E-state index contributed by atoms with van der Waals surface area (Å²) in [6.45, 7) is 1.92. The first-order chi connectivity index (χ1) is 18.9.